The summed E-state index contributed by atoms with van der Waals surface area (Å²) in [6.45, 7) is 4.21. The van der Waals surface area contributed by atoms with Gasteiger partial charge < -0.3 is 15.0 Å². The lowest BCUT2D eigenvalue weighted by atomic mass is 10.0. The molecule has 1 unspecified atom stereocenters. The van der Waals surface area contributed by atoms with E-state index in [-0.39, 0.29) is 36.8 Å². The second kappa shape index (κ2) is 13.2. The number of amides is 2. The van der Waals surface area contributed by atoms with Crippen molar-refractivity contribution in [2.45, 2.75) is 70.5 Å². The SMILES string of the molecule is CC(C)c1ccc(OCC(=O)N(Cc2ccc(F)cc2)C(Cc2ccccc2)C(=O)NC2CCCC2)cc1. The van der Waals surface area contributed by atoms with Crippen LogP contribution in [0.5, 0.6) is 5.75 Å². The summed E-state index contributed by atoms with van der Waals surface area (Å²) in [5.74, 6) is 0.176. The molecule has 0 aliphatic heterocycles. The number of ether oxygens (including phenoxy) is 1. The van der Waals surface area contributed by atoms with Crippen LogP contribution in [0.2, 0.25) is 0 Å². The maximum atomic E-state index is 13.7. The topological polar surface area (TPSA) is 58.6 Å². The zero-order chi connectivity index (χ0) is 26.9. The van der Waals surface area contributed by atoms with E-state index >= 15 is 0 Å². The van der Waals surface area contributed by atoms with Crippen LogP contribution in [0.4, 0.5) is 4.39 Å². The zero-order valence-electron chi connectivity index (χ0n) is 22.2. The van der Waals surface area contributed by atoms with Crippen LogP contribution in [0, 0.1) is 5.82 Å². The molecule has 1 fully saturated rings. The summed E-state index contributed by atoms with van der Waals surface area (Å²) in [4.78, 5) is 28.9. The molecule has 1 saturated carbocycles. The first-order valence-corrected chi connectivity index (χ1v) is 13.5. The van der Waals surface area contributed by atoms with Crippen molar-refractivity contribution in [3.8, 4) is 5.75 Å². The van der Waals surface area contributed by atoms with E-state index in [0.29, 0.717) is 18.1 Å². The molecule has 200 valence electrons. The number of halogens is 1. The maximum Gasteiger partial charge on any atom is 0.261 e. The monoisotopic (exact) mass is 516 g/mol. The Morgan fingerprint density at radius 3 is 2.21 bits per heavy atom. The van der Waals surface area contributed by atoms with Gasteiger partial charge in [0.15, 0.2) is 6.61 Å². The summed E-state index contributed by atoms with van der Waals surface area (Å²) in [5, 5.41) is 3.19. The average molecular weight is 517 g/mol. The first-order chi connectivity index (χ1) is 18.4. The maximum absolute atomic E-state index is 13.7. The van der Waals surface area contributed by atoms with Crippen molar-refractivity contribution in [1.29, 1.82) is 0 Å². The molecular formula is C32H37FN2O3. The summed E-state index contributed by atoms with van der Waals surface area (Å²) >= 11 is 0. The van der Waals surface area contributed by atoms with Crippen molar-refractivity contribution in [2.75, 3.05) is 6.61 Å². The number of carbonyl (C=O) groups is 2. The molecule has 1 atom stereocenters. The normalized spacial score (nSPS) is 14.3. The van der Waals surface area contributed by atoms with E-state index in [1.807, 2.05) is 54.6 Å². The van der Waals surface area contributed by atoms with E-state index in [2.05, 4.69) is 19.2 Å². The number of benzene rings is 3. The molecule has 5 nitrogen and oxygen atoms in total. The fraction of sp³-hybridized carbons (Fsp3) is 0.375. The Morgan fingerprint density at radius 2 is 1.58 bits per heavy atom. The van der Waals surface area contributed by atoms with Gasteiger partial charge in [0.1, 0.15) is 17.6 Å². The van der Waals surface area contributed by atoms with Gasteiger partial charge in [0.05, 0.1) is 0 Å². The van der Waals surface area contributed by atoms with Gasteiger partial charge in [0.25, 0.3) is 5.91 Å². The Labute approximate surface area is 225 Å². The van der Waals surface area contributed by atoms with Crippen molar-refractivity contribution >= 4 is 11.8 Å². The zero-order valence-corrected chi connectivity index (χ0v) is 22.2. The largest absolute Gasteiger partial charge is 0.484 e. The number of nitrogens with zero attached hydrogens (tertiary/aromatic N) is 1. The first kappa shape index (κ1) is 27.4. The Morgan fingerprint density at radius 1 is 0.921 bits per heavy atom. The van der Waals surface area contributed by atoms with E-state index in [9.17, 15) is 14.0 Å². The highest BCUT2D eigenvalue weighted by Crippen LogP contribution is 2.21. The molecule has 0 aromatic heterocycles. The van der Waals surface area contributed by atoms with Crippen LogP contribution >= 0.6 is 0 Å². The Kier molecular flexibility index (Phi) is 9.52. The molecule has 4 rings (SSSR count). The fourth-order valence-corrected chi connectivity index (χ4v) is 4.88. The van der Waals surface area contributed by atoms with Crippen LogP contribution in [0.1, 0.15) is 62.1 Å². The van der Waals surface area contributed by atoms with E-state index in [4.69, 9.17) is 4.74 Å². The quantitative estimate of drug-likeness (QED) is 0.339. The third-order valence-corrected chi connectivity index (χ3v) is 7.15. The average Bonchev–Trinajstić information content (AvgIpc) is 3.44. The van der Waals surface area contributed by atoms with Crippen LogP contribution in [0.25, 0.3) is 0 Å². The van der Waals surface area contributed by atoms with Crippen LogP contribution in [-0.2, 0) is 22.6 Å². The van der Waals surface area contributed by atoms with E-state index < -0.39 is 6.04 Å². The molecule has 0 saturated heterocycles. The van der Waals surface area contributed by atoms with Crippen LogP contribution in [0.3, 0.4) is 0 Å². The first-order valence-electron chi connectivity index (χ1n) is 13.5. The second-order valence-electron chi connectivity index (χ2n) is 10.4. The standard InChI is InChI=1S/C32H37FN2O3/c1-23(2)26-14-18-29(19-15-26)38-22-31(36)35(21-25-12-16-27(33)17-13-25)30(20-24-8-4-3-5-9-24)32(37)34-28-10-6-7-11-28/h3-5,8-9,12-19,23,28,30H,6-7,10-11,20-22H2,1-2H3,(H,34,37). The lowest BCUT2D eigenvalue weighted by Crippen LogP contribution is -2.53. The van der Waals surface area contributed by atoms with Crippen molar-refractivity contribution in [3.63, 3.8) is 0 Å². The van der Waals surface area contributed by atoms with Crippen molar-refractivity contribution in [3.05, 3.63) is 101 Å². The van der Waals surface area contributed by atoms with Gasteiger partial charge in [-0.1, -0.05) is 81.3 Å². The minimum absolute atomic E-state index is 0.124. The van der Waals surface area contributed by atoms with Crippen molar-refractivity contribution in [1.82, 2.24) is 10.2 Å². The smallest absolute Gasteiger partial charge is 0.261 e. The molecule has 1 aliphatic rings. The highest BCUT2D eigenvalue weighted by molar-refractivity contribution is 5.88. The molecule has 3 aromatic rings. The van der Waals surface area contributed by atoms with Crippen molar-refractivity contribution in [2.24, 2.45) is 0 Å². The van der Waals surface area contributed by atoms with E-state index in [0.717, 1.165) is 36.8 Å². The predicted octanol–water partition coefficient (Wildman–Crippen LogP) is 6.03. The van der Waals surface area contributed by atoms with Crippen LogP contribution in [0.15, 0.2) is 78.9 Å². The molecular weight excluding hydrogens is 479 g/mol. The lowest BCUT2D eigenvalue weighted by Gasteiger charge is -2.32. The Balaban J connectivity index is 1.58. The lowest BCUT2D eigenvalue weighted by molar-refractivity contribution is -0.143. The third kappa shape index (κ3) is 7.67. The van der Waals surface area contributed by atoms with Gasteiger partial charge in [-0.2, -0.15) is 0 Å². The number of hydrogen-bond donors (Lipinski definition) is 1. The molecule has 6 heteroatoms. The molecule has 0 radical (unpaired) electrons. The number of hydrogen-bond acceptors (Lipinski definition) is 3. The highest BCUT2D eigenvalue weighted by Gasteiger charge is 2.32. The van der Waals surface area contributed by atoms with Gasteiger partial charge in [0.2, 0.25) is 5.91 Å². The second-order valence-corrected chi connectivity index (χ2v) is 10.4. The van der Waals surface area contributed by atoms with Gasteiger partial charge in [0, 0.05) is 19.0 Å². The molecule has 1 N–H and O–H groups in total. The molecule has 0 spiro atoms. The van der Waals surface area contributed by atoms with Gasteiger partial charge in [-0.05, 0) is 59.7 Å². The summed E-state index contributed by atoms with van der Waals surface area (Å²) in [6, 6.07) is 22.8. The van der Waals surface area contributed by atoms with Gasteiger partial charge in [-0.15, -0.1) is 0 Å². The molecule has 0 bridgehead atoms. The van der Waals surface area contributed by atoms with Gasteiger partial charge in [-0.25, -0.2) is 4.39 Å². The number of rotatable bonds is 11. The molecule has 38 heavy (non-hydrogen) atoms. The molecule has 0 heterocycles. The van der Waals surface area contributed by atoms with Crippen LogP contribution in [-0.4, -0.2) is 35.4 Å². The Bertz CT molecular complexity index is 1170. The number of carbonyl (C=O) groups excluding carboxylic acids is 2. The fourth-order valence-electron chi connectivity index (χ4n) is 4.88. The van der Waals surface area contributed by atoms with Crippen LogP contribution < -0.4 is 10.1 Å². The predicted molar refractivity (Wildman–Crippen MR) is 147 cm³/mol. The summed E-state index contributed by atoms with van der Waals surface area (Å²) in [6.07, 6.45) is 4.46. The number of nitrogens with one attached hydrogen (secondary N) is 1. The molecule has 2 amide bonds. The third-order valence-electron chi connectivity index (χ3n) is 7.15. The minimum atomic E-state index is -0.734. The van der Waals surface area contributed by atoms with E-state index in [1.54, 1.807) is 17.0 Å². The summed E-state index contributed by atoms with van der Waals surface area (Å²) in [5.41, 5.74) is 2.89. The Hall–Kier alpha value is -3.67. The highest BCUT2D eigenvalue weighted by atomic mass is 19.1. The van der Waals surface area contributed by atoms with E-state index in [1.165, 1.54) is 17.7 Å². The molecule has 3 aromatic carbocycles. The van der Waals surface area contributed by atoms with Crippen molar-refractivity contribution < 1.29 is 18.7 Å². The van der Waals surface area contributed by atoms with Gasteiger partial charge in [-0.3, -0.25) is 9.59 Å². The molecule has 1 aliphatic carbocycles. The minimum Gasteiger partial charge on any atom is -0.484 e. The summed E-state index contributed by atoms with van der Waals surface area (Å²) in [7, 11) is 0. The van der Waals surface area contributed by atoms with Gasteiger partial charge >= 0.3 is 0 Å². The summed E-state index contributed by atoms with van der Waals surface area (Å²) < 4.78 is 19.5.